The van der Waals surface area contributed by atoms with Crippen molar-refractivity contribution in [2.24, 2.45) is 0 Å². The molecule has 1 aliphatic carbocycles. The van der Waals surface area contributed by atoms with Gasteiger partial charge in [-0.2, -0.15) is 4.98 Å². The highest BCUT2D eigenvalue weighted by Crippen LogP contribution is 2.45. The van der Waals surface area contributed by atoms with Crippen molar-refractivity contribution in [3.8, 4) is 22.9 Å². The standard InChI is InChI=1S/C30H30N2O4/c1-34-28-15-14-22(29(31-28)35-2)19-16-20-8-7-9-21(17-19)32(20)30(33)36-18-27-25-12-5-3-10-23(25)24-11-4-6-13-26(24)27/h3-6,10-16,20-21,27H,7-9,17-18H2,1-2H3. The van der Waals surface area contributed by atoms with Crippen LogP contribution >= 0.6 is 0 Å². The Labute approximate surface area is 211 Å². The highest BCUT2D eigenvalue weighted by Gasteiger charge is 2.39. The number of hydrogen-bond acceptors (Lipinski definition) is 5. The summed E-state index contributed by atoms with van der Waals surface area (Å²) in [4.78, 5) is 19.9. The number of hydrogen-bond donors (Lipinski definition) is 0. The minimum absolute atomic E-state index is 0.00922. The zero-order valence-electron chi connectivity index (χ0n) is 20.6. The molecule has 1 amide bonds. The summed E-state index contributed by atoms with van der Waals surface area (Å²) in [5.41, 5.74) is 7.05. The van der Waals surface area contributed by atoms with Gasteiger partial charge < -0.3 is 14.2 Å². The van der Waals surface area contributed by atoms with Crippen LogP contribution in [0.3, 0.4) is 0 Å². The second kappa shape index (κ2) is 9.34. The lowest BCUT2D eigenvalue weighted by Gasteiger charge is -2.44. The Morgan fingerprint density at radius 3 is 2.31 bits per heavy atom. The molecule has 0 N–H and O–H groups in total. The van der Waals surface area contributed by atoms with E-state index in [9.17, 15) is 4.79 Å². The Hall–Kier alpha value is -3.80. The lowest BCUT2D eigenvalue weighted by Crippen LogP contribution is -2.51. The Morgan fingerprint density at radius 2 is 1.64 bits per heavy atom. The number of carbonyl (C=O) groups is 1. The number of fused-ring (bicyclic) bond motifs is 5. The summed E-state index contributed by atoms with van der Waals surface area (Å²) < 4.78 is 16.8. The van der Waals surface area contributed by atoms with Crippen LogP contribution in [-0.4, -0.2) is 48.9 Å². The lowest BCUT2D eigenvalue weighted by atomic mass is 9.83. The second-order valence-corrected chi connectivity index (χ2v) is 9.67. The number of pyridine rings is 1. The van der Waals surface area contributed by atoms with Crippen molar-refractivity contribution in [3.63, 3.8) is 0 Å². The van der Waals surface area contributed by atoms with E-state index in [-0.39, 0.29) is 24.1 Å². The van der Waals surface area contributed by atoms with Crippen LogP contribution in [0.5, 0.6) is 11.8 Å². The molecule has 2 aromatic carbocycles. The SMILES string of the molecule is COc1ccc(C2=CC3CCCC(C2)N3C(=O)OCC2c3ccccc3-c3ccccc32)c(OC)n1. The van der Waals surface area contributed by atoms with Gasteiger partial charge in [0.15, 0.2) is 0 Å². The van der Waals surface area contributed by atoms with Crippen LogP contribution < -0.4 is 9.47 Å². The zero-order valence-corrected chi connectivity index (χ0v) is 20.6. The fourth-order valence-electron chi connectivity index (χ4n) is 6.12. The van der Waals surface area contributed by atoms with Gasteiger partial charge in [0.1, 0.15) is 6.61 Å². The van der Waals surface area contributed by atoms with Gasteiger partial charge in [-0.1, -0.05) is 54.6 Å². The lowest BCUT2D eigenvalue weighted by molar-refractivity contribution is 0.0539. The van der Waals surface area contributed by atoms with Gasteiger partial charge in [0, 0.05) is 23.6 Å². The molecule has 6 heteroatoms. The summed E-state index contributed by atoms with van der Waals surface area (Å²) in [5, 5.41) is 0. The van der Waals surface area contributed by atoms with E-state index in [1.165, 1.54) is 27.8 Å². The second-order valence-electron chi connectivity index (χ2n) is 9.67. The maximum atomic E-state index is 13.5. The van der Waals surface area contributed by atoms with Crippen LogP contribution in [0.4, 0.5) is 4.79 Å². The number of benzene rings is 2. The molecule has 2 aliphatic heterocycles. The summed E-state index contributed by atoms with van der Waals surface area (Å²) in [5.74, 6) is 1.13. The van der Waals surface area contributed by atoms with Crippen LogP contribution in [0.15, 0.2) is 66.7 Å². The molecule has 36 heavy (non-hydrogen) atoms. The quantitative estimate of drug-likeness (QED) is 0.443. The summed E-state index contributed by atoms with van der Waals surface area (Å²) in [6.45, 7) is 0.343. The first-order chi connectivity index (χ1) is 17.7. The maximum Gasteiger partial charge on any atom is 0.410 e. The van der Waals surface area contributed by atoms with Gasteiger partial charge in [-0.25, -0.2) is 4.79 Å². The molecule has 0 spiro atoms. The van der Waals surface area contributed by atoms with Crippen molar-refractivity contribution < 1.29 is 19.0 Å². The first kappa shape index (κ1) is 22.7. The normalized spacial score (nSPS) is 20.3. The maximum absolute atomic E-state index is 13.5. The molecule has 2 bridgehead atoms. The molecular weight excluding hydrogens is 452 g/mol. The van der Waals surface area contributed by atoms with Crippen LogP contribution in [0.25, 0.3) is 16.7 Å². The highest BCUT2D eigenvalue weighted by atomic mass is 16.6. The Morgan fingerprint density at radius 1 is 0.917 bits per heavy atom. The average Bonchev–Trinajstić information content (AvgIpc) is 3.24. The van der Waals surface area contributed by atoms with Crippen molar-refractivity contribution in [1.82, 2.24) is 9.88 Å². The minimum Gasteiger partial charge on any atom is -0.481 e. The third-order valence-electron chi connectivity index (χ3n) is 7.77. The van der Waals surface area contributed by atoms with Crippen LogP contribution in [0, 0.1) is 0 Å². The number of ether oxygens (including phenoxy) is 3. The predicted octanol–water partition coefficient (Wildman–Crippen LogP) is 6.06. The number of methoxy groups -OCH3 is 2. The summed E-state index contributed by atoms with van der Waals surface area (Å²) in [7, 11) is 3.22. The molecule has 0 radical (unpaired) electrons. The molecule has 3 aromatic rings. The van der Waals surface area contributed by atoms with Crippen molar-refractivity contribution in [2.45, 2.75) is 43.7 Å². The monoisotopic (exact) mass is 482 g/mol. The molecular formula is C30H30N2O4. The van der Waals surface area contributed by atoms with E-state index in [1.807, 2.05) is 17.0 Å². The van der Waals surface area contributed by atoms with E-state index >= 15 is 0 Å². The van der Waals surface area contributed by atoms with Gasteiger partial charge in [0.2, 0.25) is 11.8 Å². The smallest absolute Gasteiger partial charge is 0.410 e. The molecule has 184 valence electrons. The third-order valence-corrected chi connectivity index (χ3v) is 7.77. The van der Waals surface area contributed by atoms with E-state index in [0.717, 1.165) is 31.2 Å². The van der Waals surface area contributed by atoms with E-state index in [1.54, 1.807) is 14.2 Å². The van der Waals surface area contributed by atoms with Gasteiger partial charge in [-0.05, 0) is 59.6 Å². The number of piperidine rings is 1. The Kier molecular flexibility index (Phi) is 5.88. The first-order valence-corrected chi connectivity index (χ1v) is 12.6. The topological polar surface area (TPSA) is 60.9 Å². The van der Waals surface area contributed by atoms with E-state index < -0.39 is 0 Å². The van der Waals surface area contributed by atoms with Gasteiger partial charge >= 0.3 is 6.09 Å². The fourth-order valence-corrected chi connectivity index (χ4v) is 6.12. The van der Waals surface area contributed by atoms with Gasteiger partial charge in [-0.3, -0.25) is 4.90 Å². The van der Waals surface area contributed by atoms with Gasteiger partial charge in [-0.15, -0.1) is 0 Å². The van der Waals surface area contributed by atoms with Crippen LogP contribution in [0.2, 0.25) is 0 Å². The van der Waals surface area contributed by atoms with E-state index in [2.05, 4.69) is 59.6 Å². The molecule has 2 unspecified atom stereocenters. The molecule has 1 aromatic heterocycles. The van der Waals surface area contributed by atoms with Crippen molar-refractivity contribution in [3.05, 3.63) is 83.4 Å². The molecule has 2 atom stereocenters. The largest absolute Gasteiger partial charge is 0.481 e. The molecule has 1 fully saturated rings. The molecule has 1 saturated heterocycles. The fraction of sp³-hybridized carbons (Fsp3) is 0.333. The number of nitrogens with zero attached hydrogens (tertiary/aromatic N) is 2. The first-order valence-electron chi connectivity index (χ1n) is 12.6. The Balaban J connectivity index is 1.22. The van der Waals surface area contributed by atoms with Gasteiger partial charge in [0.05, 0.1) is 20.3 Å². The number of aromatic nitrogens is 1. The summed E-state index contributed by atoms with van der Waals surface area (Å²) in [6, 6.07) is 20.8. The molecule has 3 aliphatic rings. The molecule has 6 nitrogen and oxygen atoms in total. The van der Waals surface area contributed by atoms with Crippen molar-refractivity contribution >= 4 is 11.7 Å². The number of carbonyl (C=O) groups excluding carboxylic acids is 1. The van der Waals surface area contributed by atoms with Crippen molar-refractivity contribution in [1.29, 1.82) is 0 Å². The van der Waals surface area contributed by atoms with E-state index in [4.69, 9.17) is 14.2 Å². The number of rotatable bonds is 5. The van der Waals surface area contributed by atoms with Crippen LogP contribution in [0.1, 0.15) is 48.3 Å². The molecule has 6 rings (SSSR count). The zero-order chi connectivity index (χ0) is 24.6. The Bertz CT molecular complexity index is 1290. The van der Waals surface area contributed by atoms with Gasteiger partial charge in [0.25, 0.3) is 0 Å². The van der Waals surface area contributed by atoms with E-state index in [0.29, 0.717) is 18.4 Å². The number of amides is 1. The molecule has 0 saturated carbocycles. The minimum atomic E-state index is -0.221. The average molecular weight is 483 g/mol. The highest BCUT2D eigenvalue weighted by molar-refractivity contribution is 5.79. The molecule has 3 heterocycles. The van der Waals surface area contributed by atoms with Crippen LogP contribution in [-0.2, 0) is 4.74 Å². The summed E-state index contributed by atoms with van der Waals surface area (Å²) in [6.07, 6.45) is 5.72. The van der Waals surface area contributed by atoms with Crippen molar-refractivity contribution in [2.75, 3.05) is 20.8 Å². The third kappa shape index (κ3) is 3.81. The summed E-state index contributed by atoms with van der Waals surface area (Å²) >= 11 is 0. The predicted molar refractivity (Wildman–Crippen MR) is 138 cm³/mol.